The van der Waals surface area contributed by atoms with Gasteiger partial charge in [0.2, 0.25) is 5.91 Å². The Hall–Kier alpha value is -1.88. The molecule has 1 N–H and O–H groups in total. The van der Waals surface area contributed by atoms with Crippen LogP contribution in [0.15, 0.2) is 24.3 Å². The molecule has 96 valence electrons. The Kier molecular flexibility index (Phi) is 3.34. The summed E-state index contributed by atoms with van der Waals surface area (Å²) in [7, 11) is 1.60. The number of benzene rings is 1. The molecule has 1 amide bonds. The number of aliphatic carboxylic acids is 1. The van der Waals surface area contributed by atoms with Crippen LogP contribution in [-0.2, 0) is 14.3 Å². The highest BCUT2D eigenvalue weighted by Gasteiger charge is 2.39. The van der Waals surface area contributed by atoms with E-state index in [1.54, 1.807) is 7.05 Å². The van der Waals surface area contributed by atoms with Crippen LogP contribution < -0.4 is 0 Å². The van der Waals surface area contributed by atoms with Crippen LogP contribution in [-0.4, -0.2) is 41.6 Å². The normalized spacial score (nSPS) is 24.1. The predicted octanol–water partition coefficient (Wildman–Crippen LogP) is 0.978. The number of carbonyl (C=O) groups is 2. The van der Waals surface area contributed by atoms with Gasteiger partial charge in [0.1, 0.15) is 6.61 Å². The Labute approximate surface area is 105 Å². The minimum absolute atomic E-state index is 0.185. The molecule has 18 heavy (non-hydrogen) atoms. The number of amides is 1. The molecule has 0 aromatic heterocycles. The second-order valence-electron chi connectivity index (χ2n) is 4.43. The summed E-state index contributed by atoms with van der Waals surface area (Å²) in [4.78, 5) is 24.3. The number of carboxylic acids is 1. The van der Waals surface area contributed by atoms with Crippen molar-refractivity contribution in [1.29, 1.82) is 0 Å². The number of likely N-dealkylation sites (N-methyl/N-ethyl adjacent to an activating group) is 1. The zero-order valence-electron chi connectivity index (χ0n) is 10.3. The van der Waals surface area contributed by atoms with E-state index in [1.165, 1.54) is 4.90 Å². The molecule has 0 bridgehead atoms. The van der Waals surface area contributed by atoms with E-state index in [-0.39, 0.29) is 12.5 Å². The number of hydrogen-bond acceptors (Lipinski definition) is 3. The van der Waals surface area contributed by atoms with E-state index in [9.17, 15) is 9.59 Å². The lowest BCUT2D eigenvalue weighted by Gasteiger charge is -2.37. The number of ether oxygens (including phenoxy) is 1. The number of rotatable bonds is 2. The van der Waals surface area contributed by atoms with Crippen molar-refractivity contribution < 1.29 is 19.4 Å². The van der Waals surface area contributed by atoms with Crippen LogP contribution in [0.3, 0.4) is 0 Å². The van der Waals surface area contributed by atoms with Crippen molar-refractivity contribution in [2.75, 3.05) is 13.7 Å². The molecule has 5 heteroatoms. The summed E-state index contributed by atoms with van der Waals surface area (Å²) in [6, 6.07) is 6.86. The minimum Gasteiger partial charge on any atom is -0.479 e. The van der Waals surface area contributed by atoms with Crippen molar-refractivity contribution in [2.45, 2.75) is 19.1 Å². The zero-order chi connectivity index (χ0) is 13.3. The summed E-state index contributed by atoms with van der Waals surface area (Å²) >= 11 is 0. The molecular formula is C13H15NO4. The van der Waals surface area contributed by atoms with Gasteiger partial charge in [0.25, 0.3) is 0 Å². The van der Waals surface area contributed by atoms with Gasteiger partial charge in [0.05, 0.1) is 6.04 Å². The van der Waals surface area contributed by atoms with Crippen LogP contribution in [0, 0.1) is 6.92 Å². The highest BCUT2D eigenvalue weighted by Crippen LogP contribution is 2.29. The minimum atomic E-state index is -1.06. The Morgan fingerprint density at radius 3 is 2.56 bits per heavy atom. The molecule has 0 aliphatic carbocycles. The molecule has 0 unspecified atom stereocenters. The standard InChI is InChI=1S/C13H15NO4/c1-8-3-5-9(6-4-8)11-12(13(16)17)18-7-10(15)14(11)2/h3-6,11-12H,7H2,1-2H3,(H,16,17)/t11-,12+/m1/s1. The Balaban J connectivity index is 2.37. The van der Waals surface area contributed by atoms with Crippen molar-refractivity contribution in [1.82, 2.24) is 4.90 Å². The molecule has 2 atom stereocenters. The molecule has 0 radical (unpaired) electrons. The van der Waals surface area contributed by atoms with E-state index >= 15 is 0 Å². The number of carboxylic acid groups (broad SMARTS) is 1. The van der Waals surface area contributed by atoms with Gasteiger partial charge >= 0.3 is 5.97 Å². The maximum Gasteiger partial charge on any atom is 0.335 e. The van der Waals surface area contributed by atoms with E-state index < -0.39 is 18.1 Å². The van der Waals surface area contributed by atoms with Gasteiger partial charge in [-0.3, -0.25) is 4.79 Å². The lowest BCUT2D eigenvalue weighted by Crippen LogP contribution is -2.50. The Bertz CT molecular complexity index is 468. The predicted molar refractivity (Wildman–Crippen MR) is 64.1 cm³/mol. The summed E-state index contributed by atoms with van der Waals surface area (Å²) in [5.41, 5.74) is 1.85. The molecule has 2 rings (SSSR count). The van der Waals surface area contributed by atoms with Gasteiger partial charge in [0, 0.05) is 7.05 Å². The van der Waals surface area contributed by atoms with Crippen LogP contribution in [0.1, 0.15) is 17.2 Å². The maximum atomic E-state index is 11.6. The third kappa shape index (κ3) is 2.22. The number of morpholine rings is 1. The third-order valence-electron chi connectivity index (χ3n) is 3.15. The van der Waals surface area contributed by atoms with E-state index in [4.69, 9.17) is 9.84 Å². The first kappa shape index (κ1) is 12.6. The fourth-order valence-corrected chi connectivity index (χ4v) is 2.08. The highest BCUT2D eigenvalue weighted by molar-refractivity contribution is 5.82. The van der Waals surface area contributed by atoms with Crippen molar-refractivity contribution in [3.8, 4) is 0 Å². The molecule has 1 fully saturated rings. The van der Waals surface area contributed by atoms with Crippen LogP contribution in [0.5, 0.6) is 0 Å². The van der Waals surface area contributed by atoms with Crippen LogP contribution in [0.4, 0.5) is 0 Å². The first-order valence-electron chi connectivity index (χ1n) is 5.67. The maximum absolute atomic E-state index is 11.6. The zero-order valence-corrected chi connectivity index (χ0v) is 10.3. The lowest BCUT2D eigenvalue weighted by atomic mass is 9.97. The van der Waals surface area contributed by atoms with E-state index in [1.807, 2.05) is 31.2 Å². The quantitative estimate of drug-likeness (QED) is 0.848. The lowest BCUT2D eigenvalue weighted by molar-refractivity contribution is -0.171. The van der Waals surface area contributed by atoms with E-state index in [0.717, 1.165) is 11.1 Å². The second kappa shape index (κ2) is 4.78. The fourth-order valence-electron chi connectivity index (χ4n) is 2.08. The van der Waals surface area contributed by atoms with Crippen LogP contribution in [0.25, 0.3) is 0 Å². The van der Waals surface area contributed by atoms with Crippen molar-refractivity contribution in [3.05, 3.63) is 35.4 Å². The van der Waals surface area contributed by atoms with Gasteiger partial charge in [-0.2, -0.15) is 0 Å². The Morgan fingerprint density at radius 1 is 1.39 bits per heavy atom. The van der Waals surface area contributed by atoms with E-state index in [2.05, 4.69) is 0 Å². The molecular weight excluding hydrogens is 234 g/mol. The average Bonchev–Trinajstić information content (AvgIpc) is 2.33. The SMILES string of the molecule is Cc1ccc([C@@H]2[C@@H](C(=O)O)OCC(=O)N2C)cc1. The summed E-state index contributed by atoms with van der Waals surface area (Å²) in [5, 5.41) is 9.17. The first-order chi connectivity index (χ1) is 8.50. The third-order valence-corrected chi connectivity index (χ3v) is 3.15. The molecule has 1 aromatic rings. The van der Waals surface area contributed by atoms with Crippen LogP contribution in [0.2, 0.25) is 0 Å². The fraction of sp³-hybridized carbons (Fsp3) is 0.385. The van der Waals surface area contributed by atoms with Gasteiger partial charge in [-0.25, -0.2) is 4.79 Å². The highest BCUT2D eigenvalue weighted by atomic mass is 16.5. The Morgan fingerprint density at radius 2 is 2.00 bits per heavy atom. The molecule has 1 aliphatic rings. The monoisotopic (exact) mass is 249 g/mol. The molecule has 1 aromatic carbocycles. The average molecular weight is 249 g/mol. The van der Waals surface area contributed by atoms with Gasteiger partial charge < -0.3 is 14.7 Å². The number of carbonyl (C=O) groups excluding carboxylic acids is 1. The molecule has 0 spiro atoms. The molecule has 0 saturated carbocycles. The summed E-state index contributed by atoms with van der Waals surface area (Å²) < 4.78 is 5.13. The molecule has 1 heterocycles. The van der Waals surface area contributed by atoms with Crippen LogP contribution >= 0.6 is 0 Å². The van der Waals surface area contributed by atoms with Gasteiger partial charge in [-0.05, 0) is 12.5 Å². The van der Waals surface area contributed by atoms with Gasteiger partial charge in [-0.15, -0.1) is 0 Å². The summed E-state index contributed by atoms with van der Waals surface area (Å²) in [6.07, 6.45) is -1.02. The number of nitrogens with zero attached hydrogens (tertiary/aromatic N) is 1. The molecule has 1 saturated heterocycles. The second-order valence-corrected chi connectivity index (χ2v) is 4.43. The molecule has 5 nitrogen and oxygen atoms in total. The molecule has 1 aliphatic heterocycles. The number of hydrogen-bond donors (Lipinski definition) is 1. The van der Waals surface area contributed by atoms with Crippen molar-refractivity contribution in [2.24, 2.45) is 0 Å². The van der Waals surface area contributed by atoms with Gasteiger partial charge in [0.15, 0.2) is 6.10 Å². The smallest absolute Gasteiger partial charge is 0.335 e. The van der Waals surface area contributed by atoms with Crippen molar-refractivity contribution in [3.63, 3.8) is 0 Å². The largest absolute Gasteiger partial charge is 0.479 e. The summed E-state index contributed by atoms with van der Waals surface area (Å²) in [5.74, 6) is -1.27. The van der Waals surface area contributed by atoms with Gasteiger partial charge in [-0.1, -0.05) is 29.8 Å². The van der Waals surface area contributed by atoms with Crippen molar-refractivity contribution >= 4 is 11.9 Å². The topological polar surface area (TPSA) is 66.8 Å². The number of aryl methyl sites for hydroxylation is 1. The summed E-state index contributed by atoms with van der Waals surface area (Å²) in [6.45, 7) is 1.76. The first-order valence-corrected chi connectivity index (χ1v) is 5.67. The van der Waals surface area contributed by atoms with E-state index in [0.29, 0.717) is 0 Å².